The molecule has 4 rings (SSSR count). The van der Waals surface area contributed by atoms with Crippen LogP contribution >= 0.6 is 23.2 Å². The second kappa shape index (κ2) is 8.50. The lowest BCUT2D eigenvalue weighted by Crippen LogP contribution is -2.33. The molecule has 2 N–H and O–H groups in total. The van der Waals surface area contributed by atoms with E-state index in [1.54, 1.807) is 30.3 Å². The quantitative estimate of drug-likeness (QED) is 0.467. The fourth-order valence-electron chi connectivity index (χ4n) is 2.79. The molecular weight excluding hydrogens is 459 g/mol. The smallest absolute Gasteiger partial charge is 0.349 e. The van der Waals surface area contributed by atoms with Crippen LogP contribution in [-0.4, -0.2) is 25.0 Å². The second-order valence-electron chi connectivity index (χ2n) is 6.29. The number of nitriles is 1. The maximum Gasteiger partial charge on any atom is 0.349 e. The Balaban J connectivity index is 1.74. The molecule has 32 heavy (non-hydrogen) atoms. The highest BCUT2D eigenvalue weighted by Crippen LogP contribution is 2.37. The minimum absolute atomic E-state index is 0.00799. The molecule has 2 aromatic heterocycles. The Morgan fingerprint density at radius 3 is 2.34 bits per heavy atom. The van der Waals surface area contributed by atoms with Gasteiger partial charge in [-0.2, -0.15) is 9.94 Å². The van der Waals surface area contributed by atoms with Gasteiger partial charge in [-0.25, -0.2) is 9.89 Å². The van der Waals surface area contributed by atoms with Crippen LogP contribution in [0.25, 0.3) is 16.8 Å². The zero-order valence-corrected chi connectivity index (χ0v) is 17.3. The van der Waals surface area contributed by atoms with Crippen molar-refractivity contribution in [1.82, 2.24) is 25.0 Å². The molecule has 2 heterocycles. The predicted octanol–water partition coefficient (Wildman–Crippen LogP) is 2.64. The van der Waals surface area contributed by atoms with E-state index < -0.39 is 22.5 Å². The number of rotatable bonds is 4. The second-order valence-corrected chi connectivity index (χ2v) is 7.10. The number of hydrogen-bond acceptors (Lipinski definition) is 7. The molecule has 4 aromatic rings. The van der Waals surface area contributed by atoms with Crippen LogP contribution in [0.2, 0.25) is 10.0 Å². The van der Waals surface area contributed by atoms with Gasteiger partial charge in [-0.05, 0) is 17.7 Å². The average molecular weight is 469 g/mol. The van der Waals surface area contributed by atoms with Gasteiger partial charge in [-0.3, -0.25) is 14.6 Å². The molecule has 10 nitrogen and oxygen atoms in total. The Hall–Kier alpha value is -4.20. The molecule has 0 aliphatic carbocycles. The van der Waals surface area contributed by atoms with Gasteiger partial charge in [-0.15, -0.1) is 10.2 Å². The molecule has 0 unspecified atom stereocenters. The maximum atomic E-state index is 12.2. The number of benzene rings is 2. The van der Waals surface area contributed by atoms with E-state index in [1.807, 2.05) is 11.1 Å². The van der Waals surface area contributed by atoms with E-state index in [9.17, 15) is 14.4 Å². The van der Waals surface area contributed by atoms with Crippen LogP contribution in [0.15, 0.2) is 62.9 Å². The lowest BCUT2D eigenvalue weighted by molar-refractivity contribution is 0.455. The minimum atomic E-state index is -0.913. The predicted molar refractivity (Wildman–Crippen MR) is 116 cm³/mol. The van der Waals surface area contributed by atoms with Crippen LogP contribution < -0.4 is 21.5 Å². The van der Waals surface area contributed by atoms with Gasteiger partial charge in [0, 0.05) is 6.07 Å². The number of H-pyrrole nitrogens is 2. The average Bonchev–Trinajstić information content (AvgIpc) is 2.78. The van der Waals surface area contributed by atoms with Crippen molar-refractivity contribution >= 4 is 23.2 Å². The monoisotopic (exact) mass is 468 g/mol. The van der Waals surface area contributed by atoms with Crippen molar-refractivity contribution in [2.24, 2.45) is 0 Å². The summed E-state index contributed by atoms with van der Waals surface area (Å²) in [5, 5.41) is 18.8. The molecule has 2 aromatic carbocycles. The SMILES string of the molecule is N#Cc1nn(-c2cc(Cl)c(Oc3cc(-c4ccccc4)c(=O)[nH]n3)c(Cl)c2)c(=O)[nH]c1=O. The van der Waals surface area contributed by atoms with Crippen molar-refractivity contribution in [3.05, 3.63) is 95.5 Å². The van der Waals surface area contributed by atoms with Crippen LogP contribution in [0.1, 0.15) is 5.69 Å². The summed E-state index contributed by atoms with van der Waals surface area (Å²) in [4.78, 5) is 37.8. The first-order valence-electron chi connectivity index (χ1n) is 8.83. The normalized spacial score (nSPS) is 10.5. The van der Waals surface area contributed by atoms with Gasteiger partial charge >= 0.3 is 5.69 Å². The van der Waals surface area contributed by atoms with E-state index in [0.717, 1.165) is 4.68 Å². The fraction of sp³-hybridized carbons (Fsp3) is 0. The van der Waals surface area contributed by atoms with Gasteiger partial charge in [-0.1, -0.05) is 53.5 Å². The van der Waals surface area contributed by atoms with Gasteiger partial charge in [0.15, 0.2) is 5.75 Å². The van der Waals surface area contributed by atoms with E-state index >= 15 is 0 Å². The Labute approximate surface area is 188 Å². The van der Waals surface area contributed by atoms with Crippen LogP contribution in [0, 0.1) is 11.3 Å². The van der Waals surface area contributed by atoms with Crippen LogP contribution in [0.3, 0.4) is 0 Å². The van der Waals surface area contributed by atoms with Crippen molar-refractivity contribution in [2.45, 2.75) is 0 Å². The summed E-state index contributed by atoms with van der Waals surface area (Å²) in [7, 11) is 0. The van der Waals surface area contributed by atoms with E-state index in [0.29, 0.717) is 11.1 Å². The molecule has 0 fully saturated rings. The van der Waals surface area contributed by atoms with Gasteiger partial charge in [0.2, 0.25) is 11.6 Å². The highest BCUT2D eigenvalue weighted by molar-refractivity contribution is 6.37. The molecule has 0 atom stereocenters. The zero-order chi connectivity index (χ0) is 22.8. The Kier molecular flexibility index (Phi) is 5.59. The summed E-state index contributed by atoms with van der Waals surface area (Å²) >= 11 is 12.6. The van der Waals surface area contributed by atoms with E-state index in [4.69, 9.17) is 33.2 Å². The van der Waals surface area contributed by atoms with Crippen LogP contribution in [-0.2, 0) is 0 Å². The van der Waals surface area contributed by atoms with Crippen molar-refractivity contribution in [1.29, 1.82) is 5.26 Å². The van der Waals surface area contributed by atoms with Crippen molar-refractivity contribution in [3.8, 4) is 34.5 Å². The van der Waals surface area contributed by atoms with Crippen molar-refractivity contribution in [3.63, 3.8) is 0 Å². The maximum absolute atomic E-state index is 12.2. The lowest BCUT2D eigenvalue weighted by atomic mass is 10.1. The molecule has 0 aliphatic heterocycles. The molecule has 0 amide bonds. The highest BCUT2D eigenvalue weighted by atomic mass is 35.5. The third kappa shape index (κ3) is 4.02. The first kappa shape index (κ1) is 21.0. The number of ether oxygens (including phenoxy) is 1. The Morgan fingerprint density at radius 2 is 1.69 bits per heavy atom. The Bertz CT molecular complexity index is 1530. The molecule has 0 spiro atoms. The molecule has 12 heteroatoms. The molecule has 0 saturated carbocycles. The largest absolute Gasteiger partial charge is 0.434 e. The number of aromatic amines is 2. The van der Waals surface area contributed by atoms with Gasteiger partial charge in [0.25, 0.3) is 11.1 Å². The molecule has 0 saturated heterocycles. The van der Waals surface area contributed by atoms with E-state index in [1.165, 1.54) is 18.2 Å². The number of aromatic nitrogens is 5. The number of nitrogens with zero attached hydrogens (tertiary/aromatic N) is 4. The Morgan fingerprint density at radius 1 is 1.00 bits per heavy atom. The summed E-state index contributed by atoms with van der Waals surface area (Å²) in [6.07, 6.45) is 0. The molecular formula is C20H10Cl2N6O4. The summed E-state index contributed by atoms with van der Waals surface area (Å²) in [5.74, 6) is 0.0275. The third-order valence-corrected chi connectivity index (χ3v) is 4.79. The van der Waals surface area contributed by atoms with Crippen molar-refractivity contribution < 1.29 is 4.74 Å². The molecule has 0 radical (unpaired) electrons. The molecule has 0 aliphatic rings. The standard InChI is InChI=1S/C20H10Cl2N6O4/c21-13-6-11(28-20(31)24-19(30)15(9-23)27-28)7-14(22)17(13)32-16-8-12(18(29)26-25-16)10-4-2-1-3-5-10/h1-8H,(H,26,29)(H,24,30,31). The number of nitrogens with one attached hydrogen (secondary N) is 2. The minimum Gasteiger partial charge on any atom is -0.434 e. The van der Waals surface area contributed by atoms with Crippen LogP contribution in [0.4, 0.5) is 0 Å². The molecule has 158 valence electrons. The first-order valence-corrected chi connectivity index (χ1v) is 9.59. The number of halogens is 2. The molecule has 0 bridgehead atoms. The van der Waals surface area contributed by atoms with E-state index in [2.05, 4.69) is 15.3 Å². The van der Waals surface area contributed by atoms with Crippen LogP contribution in [0.5, 0.6) is 11.6 Å². The topological polar surface area (TPSA) is 147 Å². The number of hydrogen-bond donors (Lipinski definition) is 2. The first-order chi connectivity index (χ1) is 15.4. The fourth-order valence-corrected chi connectivity index (χ4v) is 3.34. The van der Waals surface area contributed by atoms with E-state index in [-0.39, 0.29) is 27.4 Å². The zero-order valence-electron chi connectivity index (χ0n) is 15.8. The highest BCUT2D eigenvalue weighted by Gasteiger charge is 2.16. The third-order valence-electron chi connectivity index (χ3n) is 4.23. The summed E-state index contributed by atoms with van der Waals surface area (Å²) in [6, 6.07) is 14.5. The van der Waals surface area contributed by atoms with Crippen molar-refractivity contribution in [2.75, 3.05) is 0 Å². The summed E-state index contributed by atoms with van der Waals surface area (Å²) in [6.45, 7) is 0. The summed E-state index contributed by atoms with van der Waals surface area (Å²) in [5.41, 5.74) is -1.65. The van der Waals surface area contributed by atoms with Gasteiger partial charge in [0.05, 0.1) is 21.3 Å². The summed E-state index contributed by atoms with van der Waals surface area (Å²) < 4.78 is 6.45. The lowest BCUT2D eigenvalue weighted by Gasteiger charge is -2.12. The van der Waals surface area contributed by atoms with Gasteiger partial charge in [0.1, 0.15) is 6.07 Å². The van der Waals surface area contributed by atoms with Gasteiger partial charge < -0.3 is 4.74 Å².